The monoisotopic (exact) mass is 298 g/mol. The van der Waals surface area contributed by atoms with E-state index in [2.05, 4.69) is 49.7 Å². The van der Waals surface area contributed by atoms with Crippen LogP contribution in [0, 0.1) is 0 Å². The summed E-state index contributed by atoms with van der Waals surface area (Å²) in [6.07, 6.45) is 8.11. The van der Waals surface area contributed by atoms with Crippen LogP contribution in [0.15, 0.2) is 0 Å². The van der Waals surface area contributed by atoms with E-state index < -0.39 is 0 Å². The van der Waals surface area contributed by atoms with Crippen LogP contribution >= 0.6 is 11.8 Å². The van der Waals surface area contributed by atoms with Crippen LogP contribution in [0.25, 0.3) is 0 Å². The molecule has 1 saturated carbocycles. The lowest BCUT2D eigenvalue weighted by molar-refractivity contribution is 0.0369. The van der Waals surface area contributed by atoms with Crippen LogP contribution in [0.1, 0.15) is 66.2 Å². The van der Waals surface area contributed by atoms with Crippen molar-refractivity contribution in [3.05, 3.63) is 0 Å². The van der Waals surface area contributed by atoms with Crippen LogP contribution in [0.4, 0.5) is 0 Å². The van der Waals surface area contributed by atoms with Crippen LogP contribution in [-0.2, 0) is 0 Å². The van der Waals surface area contributed by atoms with Crippen molar-refractivity contribution in [2.24, 2.45) is 0 Å². The molecule has 1 heterocycles. The van der Waals surface area contributed by atoms with Gasteiger partial charge in [-0.1, -0.05) is 27.7 Å². The van der Waals surface area contributed by atoms with Crippen molar-refractivity contribution in [3.8, 4) is 0 Å². The Hall–Kier alpha value is 0.270. The molecule has 0 spiro atoms. The van der Waals surface area contributed by atoms with Gasteiger partial charge in [-0.3, -0.25) is 4.90 Å². The van der Waals surface area contributed by atoms with Gasteiger partial charge in [0.05, 0.1) is 0 Å². The Kier molecular flexibility index (Phi) is 6.25. The highest BCUT2D eigenvalue weighted by Crippen LogP contribution is 2.36. The predicted octanol–water partition coefficient (Wildman–Crippen LogP) is 3.90. The highest BCUT2D eigenvalue weighted by Gasteiger charge is 2.41. The molecule has 0 aromatic carbocycles. The van der Waals surface area contributed by atoms with Crippen molar-refractivity contribution < 1.29 is 0 Å². The first kappa shape index (κ1) is 16.6. The van der Waals surface area contributed by atoms with E-state index in [1.807, 2.05) is 0 Å². The SMILES string of the molecule is CCSC1CCC(N2CC(CC)(CC)NCC2CC)C1. The maximum atomic E-state index is 3.88. The molecule has 0 radical (unpaired) electrons. The summed E-state index contributed by atoms with van der Waals surface area (Å²) in [7, 11) is 0. The zero-order chi connectivity index (χ0) is 14.6. The van der Waals surface area contributed by atoms with Crippen molar-refractivity contribution in [1.82, 2.24) is 10.2 Å². The van der Waals surface area contributed by atoms with Gasteiger partial charge in [0.1, 0.15) is 0 Å². The Balaban J connectivity index is 2.02. The molecule has 0 aromatic rings. The smallest absolute Gasteiger partial charge is 0.0304 e. The van der Waals surface area contributed by atoms with E-state index in [0.717, 1.165) is 17.3 Å². The number of hydrogen-bond donors (Lipinski definition) is 1. The molecular formula is C17H34N2S. The van der Waals surface area contributed by atoms with Gasteiger partial charge >= 0.3 is 0 Å². The van der Waals surface area contributed by atoms with Gasteiger partial charge in [0.15, 0.2) is 0 Å². The summed E-state index contributed by atoms with van der Waals surface area (Å²) >= 11 is 2.18. The van der Waals surface area contributed by atoms with Crippen LogP contribution in [0.3, 0.4) is 0 Å². The molecule has 2 fully saturated rings. The minimum atomic E-state index is 0.377. The highest BCUT2D eigenvalue weighted by molar-refractivity contribution is 7.99. The maximum absolute atomic E-state index is 3.88. The van der Waals surface area contributed by atoms with E-state index in [0.29, 0.717) is 5.54 Å². The van der Waals surface area contributed by atoms with Gasteiger partial charge < -0.3 is 5.32 Å². The fourth-order valence-corrected chi connectivity index (χ4v) is 5.25. The van der Waals surface area contributed by atoms with Gasteiger partial charge in [0.2, 0.25) is 0 Å². The number of piperazine rings is 1. The lowest BCUT2D eigenvalue weighted by atomic mass is 9.87. The molecule has 1 aliphatic carbocycles. The van der Waals surface area contributed by atoms with Crippen LogP contribution in [0.2, 0.25) is 0 Å². The number of nitrogens with one attached hydrogen (secondary N) is 1. The molecule has 2 aliphatic rings. The lowest BCUT2D eigenvalue weighted by Gasteiger charge is -2.50. The number of rotatable bonds is 6. The zero-order valence-corrected chi connectivity index (χ0v) is 14.8. The Bertz CT molecular complexity index is 291. The second-order valence-corrected chi connectivity index (χ2v) is 8.22. The predicted molar refractivity (Wildman–Crippen MR) is 91.7 cm³/mol. The summed E-state index contributed by atoms with van der Waals surface area (Å²) < 4.78 is 0. The molecule has 1 aliphatic heterocycles. The van der Waals surface area contributed by atoms with Crippen molar-refractivity contribution in [2.75, 3.05) is 18.8 Å². The minimum Gasteiger partial charge on any atom is -0.308 e. The molecule has 2 rings (SSSR count). The molecule has 3 unspecified atom stereocenters. The molecule has 1 saturated heterocycles. The van der Waals surface area contributed by atoms with Crippen LogP contribution < -0.4 is 5.32 Å². The maximum Gasteiger partial charge on any atom is 0.0304 e. The summed E-state index contributed by atoms with van der Waals surface area (Å²) in [5.74, 6) is 1.28. The average molecular weight is 299 g/mol. The van der Waals surface area contributed by atoms with E-state index in [9.17, 15) is 0 Å². The summed E-state index contributed by atoms with van der Waals surface area (Å²) in [5, 5.41) is 4.80. The van der Waals surface area contributed by atoms with Crippen molar-refractivity contribution in [1.29, 1.82) is 0 Å². The second-order valence-electron chi connectivity index (χ2n) is 6.65. The lowest BCUT2D eigenvalue weighted by Crippen LogP contribution is -2.65. The topological polar surface area (TPSA) is 15.3 Å². The molecule has 2 nitrogen and oxygen atoms in total. The van der Waals surface area contributed by atoms with Crippen LogP contribution in [-0.4, -0.2) is 46.6 Å². The molecule has 20 heavy (non-hydrogen) atoms. The largest absolute Gasteiger partial charge is 0.308 e. The van der Waals surface area contributed by atoms with E-state index in [1.54, 1.807) is 0 Å². The summed E-state index contributed by atoms with van der Waals surface area (Å²) in [6.45, 7) is 11.8. The molecule has 0 amide bonds. The molecule has 3 heteroatoms. The number of hydrogen-bond acceptors (Lipinski definition) is 3. The third-order valence-electron chi connectivity index (χ3n) is 5.72. The van der Waals surface area contributed by atoms with Gasteiger partial charge in [0.25, 0.3) is 0 Å². The van der Waals surface area contributed by atoms with E-state index in [4.69, 9.17) is 0 Å². The van der Waals surface area contributed by atoms with Crippen LogP contribution in [0.5, 0.6) is 0 Å². The van der Waals surface area contributed by atoms with Gasteiger partial charge in [0, 0.05) is 36.0 Å². The normalized spacial score (nSPS) is 34.5. The van der Waals surface area contributed by atoms with Gasteiger partial charge in [-0.15, -0.1) is 0 Å². The zero-order valence-electron chi connectivity index (χ0n) is 14.0. The molecule has 3 atom stereocenters. The van der Waals surface area contributed by atoms with Gasteiger partial charge in [-0.05, 0) is 44.3 Å². The molecular weight excluding hydrogens is 264 g/mol. The Labute approximate surface area is 130 Å². The first-order valence-corrected chi connectivity index (χ1v) is 9.85. The van der Waals surface area contributed by atoms with Crippen molar-refractivity contribution >= 4 is 11.8 Å². The first-order chi connectivity index (χ1) is 9.68. The second kappa shape index (κ2) is 7.51. The quantitative estimate of drug-likeness (QED) is 0.800. The minimum absolute atomic E-state index is 0.377. The first-order valence-electron chi connectivity index (χ1n) is 8.80. The van der Waals surface area contributed by atoms with Crippen molar-refractivity contribution in [2.45, 2.75) is 89.1 Å². The van der Waals surface area contributed by atoms with Gasteiger partial charge in [-0.25, -0.2) is 0 Å². The third kappa shape index (κ3) is 3.53. The molecule has 1 N–H and O–H groups in total. The van der Waals surface area contributed by atoms with Crippen molar-refractivity contribution in [3.63, 3.8) is 0 Å². The Morgan fingerprint density at radius 3 is 2.50 bits per heavy atom. The molecule has 0 bridgehead atoms. The fraction of sp³-hybridized carbons (Fsp3) is 1.00. The summed E-state index contributed by atoms with van der Waals surface area (Å²) in [5.41, 5.74) is 0.377. The fourth-order valence-electron chi connectivity index (χ4n) is 4.12. The van der Waals surface area contributed by atoms with Gasteiger partial charge in [-0.2, -0.15) is 11.8 Å². The van der Waals surface area contributed by atoms with E-state index in [1.165, 1.54) is 57.4 Å². The Morgan fingerprint density at radius 1 is 1.15 bits per heavy atom. The number of nitrogens with zero attached hydrogens (tertiary/aromatic N) is 1. The highest BCUT2D eigenvalue weighted by atomic mass is 32.2. The summed E-state index contributed by atoms with van der Waals surface area (Å²) in [6, 6.07) is 1.61. The standard InChI is InChI=1S/C17H34N2S/c1-5-14-12-18-17(6-2,7-3)13-19(14)15-9-10-16(11-15)20-8-4/h14-16,18H,5-13H2,1-4H3. The number of thioether (sulfide) groups is 1. The third-order valence-corrected chi connectivity index (χ3v) is 6.95. The summed E-state index contributed by atoms with van der Waals surface area (Å²) in [4.78, 5) is 2.89. The van der Waals surface area contributed by atoms with E-state index >= 15 is 0 Å². The van der Waals surface area contributed by atoms with E-state index in [-0.39, 0.29) is 0 Å². The molecule has 118 valence electrons. The Morgan fingerprint density at radius 2 is 1.90 bits per heavy atom. The average Bonchev–Trinajstić information content (AvgIpc) is 2.95. The molecule has 0 aromatic heterocycles.